The molecule has 1 unspecified atom stereocenters. The fraction of sp³-hybridized carbons (Fsp3) is 0.375. The van der Waals surface area contributed by atoms with E-state index >= 15 is 4.39 Å². The molecule has 5 heterocycles. The van der Waals surface area contributed by atoms with Crippen LogP contribution in [0.15, 0.2) is 72.9 Å². The second-order valence-electron chi connectivity index (χ2n) is 17.3. The lowest BCUT2D eigenvalue weighted by Gasteiger charge is -2.47. The van der Waals surface area contributed by atoms with E-state index in [1.165, 1.54) is 30.5 Å². The fourth-order valence-electron chi connectivity index (χ4n) is 10.6. The van der Waals surface area contributed by atoms with Crippen LogP contribution in [0.25, 0.3) is 0 Å². The largest absolute Gasteiger partial charge is 0.382 e. The number of ether oxygens (including phenoxy) is 2. The van der Waals surface area contributed by atoms with Crippen molar-refractivity contribution < 1.29 is 47.4 Å². The summed E-state index contributed by atoms with van der Waals surface area (Å²) in [5.74, 6) is -5.23. The summed E-state index contributed by atoms with van der Waals surface area (Å²) in [6, 6.07) is 15.4. The number of imide groups is 2. The van der Waals surface area contributed by atoms with Crippen LogP contribution in [0.2, 0.25) is 10.0 Å². The minimum Gasteiger partial charge on any atom is -0.382 e. The van der Waals surface area contributed by atoms with Gasteiger partial charge in [-0.2, -0.15) is 0 Å². The first-order valence-corrected chi connectivity index (χ1v) is 23.2. The highest BCUT2D eigenvalue weighted by Gasteiger charge is 2.72. The van der Waals surface area contributed by atoms with E-state index in [2.05, 4.69) is 36.9 Å². The van der Waals surface area contributed by atoms with Gasteiger partial charge in [-0.15, -0.1) is 0 Å². The summed E-state index contributed by atoms with van der Waals surface area (Å²) in [7, 11) is 0. The predicted octanol–water partition coefficient (Wildman–Crippen LogP) is 5.09. The average Bonchev–Trinajstić information content (AvgIpc) is 3.88. The third kappa shape index (κ3) is 8.37. The van der Waals surface area contributed by atoms with Crippen molar-refractivity contribution in [1.82, 2.24) is 25.8 Å². The van der Waals surface area contributed by atoms with Crippen molar-refractivity contribution in [2.45, 2.75) is 73.9 Å². The number of hydrogen-bond acceptors (Lipinski definition) is 12. The van der Waals surface area contributed by atoms with E-state index in [0.717, 1.165) is 24.2 Å². The number of piperidine rings is 1. The average molecular weight is 970 g/mol. The van der Waals surface area contributed by atoms with E-state index in [9.17, 15) is 33.6 Å². The maximum atomic E-state index is 16.2. The van der Waals surface area contributed by atoms with E-state index in [0.29, 0.717) is 41.3 Å². The molecule has 3 fully saturated rings. The molecule has 4 aliphatic heterocycles. The molecular weight excluding hydrogens is 922 g/mol. The van der Waals surface area contributed by atoms with Crippen molar-refractivity contribution in [2.24, 2.45) is 0 Å². The van der Waals surface area contributed by atoms with E-state index in [4.69, 9.17) is 32.7 Å². The molecule has 0 bridgehead atoms. The van der Waals surface area contributed by atoms with Gasteiger partial charge in [0.2, 0.25) is 23.6 Å². The number of hydrogen-bond donors (Lipinski definition) is 6. The third-order valence-electron chi connectivity index (χ3n) is 13.5. The number of carbonyl (C=O) groups excluding carboxylic acids is 7. The van der Waals surface area contributed by atoms with E-state index in [1.807, 2.05) is 0 Å². The van der Waals surface area contributed by atoms with Crippen LogP contribution in [0.1, 0.15) is 93.1 Å². The number of nitrogens with one attached hydrogen (secondary N) is 6. The Bertz CT molecular complexity index is 2720. The van der Waals surface area contributed by atoms with Crippen molar-refractivity contribution in [3.05, 3.63) is 117 Å². The number of nitrogens with zero attached hydrogens (tertiary/aromatic N) is 2. The molecule has 0 radical (unpaired) electrons. The molecule has 1 aromatic heterocycles. The molecule has 3 aromatic carbocycles. The van der Waals surface area contributed by atoms with Crippen LogP contribution in [-0.2, 0) is 34.1 Å². The van der Waals surface area contributed by atoms with Gasteiger partial charge in [-0.3, -0.25) is 49.1 Å². The minimum absolute atomic E-state index is 0.0291. The van der Waals surface area contributed by atoms with Crippen molar-refractivity contribution in [1.29, 1.82) is 0 Å². The van der Waals surface area contributed by atoms with Gasteiger partial charge < -0.3 is 30.7 Å². The lowest BCUT2D eigenvalue weighted by atomic mass is 9.55. The SMILES string of the molecule is O=C1CCC(N2C(=O)c3cccc(NCCOCCOCCNC(=O)c4ccc(NC(=O)[C@@H]5NC6(CCCCC6)[C@@]6(C(=O)Nc7cc(Cl)ccc76)[C@H]5c5cccc(Cl)c5F)nc4)c3C2=O)C(=O)N1. The molecule has 1 aliphatic carbocycles. The lowest BCUT2D eigenvalue weighted by Crippen LogP contribution is -2.60. The third-order valence-corrected chi connectivity index (χ3v) is 14.0. The summed E-state index contributed by atoms with van der Waals surface area (Å²) >= 11 is 12.7. The van der Waals surface area contributed by atoms with Crippen LogP contribution in [0.3, 0.4) is 0 Å². The van der Waals surface area contributed by atoms with Gasteiger partial charge in [0.15, 0.2) is 0 Å². The number of halogens is 3. The number of benzene rings is 3. The van der Waals surface area contributed by atoms with Crippen molar-refractivity contribution in [2.75, 3.05) is 55.5 Å². The van der Waals surface area contributed by atoms with Crippen molar-refractivity contribution in [3.8, 4) is 0 Å². The van der Waals surface area contributed by atoms with Crippen LogP contribution >= 0.6 is 23.2 Å². The number of carbonyl (C=O) groups is 7. The van der Waals surface area contributed by atoms with Crippen LogP contribution in [0.5, 0.6) is 0 Å². The zero-order valence-electron chi connectivity index (χ0n) is 36.6. The summed E-state index contributed by atoms with van der Waals surface area (Å²) in [6.45, 7) is 1.38. The number of aromatic nitrogens is 1. The number of fused-ring (bicyclic) bond motifs is 4. The number of anilines is 3. The standard InChI is InChI=1S/C48H47Cl2FN8O9/c49-27-11-12-30-33(24-27)55-46(66)48(30)38(29-7-4-8-31(50)39(29)51)40(58-47(48)16-2-1-3-17-47)43(63)56-35-14-10-26(25-54-35)41(61)53-19-21-68-23-22-67-20-18-52-32-9-5-6-28-37(32)45(65)59(44(28)64)34-13-15-36(60)57-42(34)62/h4-12,14,24-25,34,38,40,52,58H,1-3,13,15-23H2,(H,53,61)(H,55,66)(H,54,56,63)(H,57,60,62)/t34?,38-,40+,48+/m0/s1. The summed E-state index contributed by atoms with van der Waals surface area (Å²) in [5, 5.41) is 17.8. The van der Waals surface area contributed by atoms with Crippen molar-refractivity contribution in [3.63, 3.8) is 0 Å². The predicted molar refractivity (Wildman–Crippen MR) is 247 cm³/mol. The second kappa shape index (κ2) is 19.4. The monoisotopic (exact) mass is 968 g/mol. The zero-order valence-corrected chi connectivity index (χ0v) is 38.1. The molecule has 7 amide bonds. The van der Waals surface area contributed by atoms with Crippen LogP contribution < -0.4 is 31.9 Å². The Labute approximate surface area is 399 Å². The van der Waals surface area contributed by atoms with Gasteiger partial charge in [0.05, 0.1) is 54.2 Å². The molecule has 2 spiro atoms. The van der Waals surface area contributed by atoms with Gasteiger partial charge in [0, 0.05) is 53.6 Å². The molecule has 6 N–H and O–H groups in total. The molecule has 4 atom stereocenters. The molecule has 9 rings (SSSR count). The smallest absolute Gasteiger partial charge is 0.264 e. The molecule has 20 heteroatoms. The van der Waals surface area contributed by atoms with Gasteiger partial charge in [-0.05, 0) is 72.9 Å². The van der Waals surface area contributed by atoms with Gasteiger partial charge in [-0.25, -0.2) is 9.37 Å². The molecular formula is C48H47Cl2FN8O9. The summed E-state index contributed by atoms with van der Waals surface area (Å²) < 4.78 is 27.5. The van der Waals surface area contributed by atoms with E-state index in [-0.39, 0.29) is 84.8 Å². The number of pyridine rings is 1. The molecule has 17 nitrogen and oxygen atoms in total. The molecule has 5 aliphatic rings. The molecule has 2 saturated heterocycles. The Kier molecular flexibility index (Phi) is 13.3. The quantitative estimate of drug-likeness (QED) is 0.0677. The first-order valence-electron chi connectivity index (χ1n) is 22.5. The molecule has 4 aromatic rings. The second-order valence-corrected chi connectivity index (χ2v) is 18.2. The van der Waals surface area contributed by atoms with Gasteiger partial charge in [0.25, 0.3) is 17.7 Å². The summed E-state index contributed by atoms with van der Waals surface area (Å²) in [4.78, 5) is 97.6. The Morgan fingerprint density at radius 3 is 2.38 bits per heavy atom. The van der Waals surface area contributed by atoms with Crippen LogP contribution in [0.4, 0.5) is 21.6 Å². The Morgan fingerprint density at radius 2 is 1.63 bits per heavy atom. The normalized spacial score (nSPS) is 22.5. The first kappa shape index (κ1) is 46.8. The number of rotatable bonds is 15. The van der Waals surface area contributed by atoms with E-state index < -0.39 is 70.2 Å². The molecule has 1 saturated carbocycles. The van der Waals surface area contributed by atoms with Gasteiger partial charge in [0.1, 0.15) is 23.1 Å². The minimum atomic E-state index is -1.39. The van der Waals surface area contributed by atoms with Gasteiger partial charge in [-0.1, -0.05) is 66.7 Å². The molecule has 68 heavy (non-hydrogen) atoms. The highest BCUT2D eigenvalue weighted by Crippen LogP contribution is 2.63. The zero-order chi connectivity index (χ0) is 47.7. The summed E-state index contributed by atoms with van der Waals surface area (Å²) in [5.41, 5.74) is -0.0505. The maximum absolute atomic E-state index is 16.2. The van der Waals surface area contributed by atoms with E-state index in [1.54, 1.807) is 42.5 Å². The highest BCUT2D eigenvalue weighted by atomic mass is 35.5. The summed E-state index contributed by atoms with van der Waals surface area (Å²) in [6.07, 6.45) is 5.08. The fourth-order valence-corrected chi connectivity index (χ4v) is 11.0. The highest BCUT2D eigenvalue weighted by molar-refractivity contribution is 6.31. The van der Waals surface area contributed by atoms with Crippen LogP contribution in [0, 0.1) is 5.82 Å². The number of amides is 7. The Morgan fingerprint density at radius 1 is 0.868 bits per heavy atom. The topological polar surface area (TPSA) is 226 Å². The van der Waals surface area contributed by atoms with Crippen LogP contribution in [-0.4, -0.2) is 108 Å². The maximum Gasteiger partial charge on any atom is 0.264 e. The Hall–Kier alpha value is -6.31. The lowest BCUT2D eigenvalue weighted by molar-refractivity contribution is -0.136. The molecule has 354 valence electrons. The first-order chi connectivity index (χ1) is 32.8. The van der Waals surface area contributed by atoms with Gasteiger partial charge >= 0.3 is 0 Å². The Balaban J connectivity index is 0.755. The van der Waals surface area contributed by atoms with Crippen molar-refractivity contribution >= 4 is 81.7 Å².